The van der Waals surface area contributed by atoms with Crippen LogP contribution in [0.15, 0.2) is 34.3 Å². The van der Waals surface area contributed by atoms with Crippen molar-refractivity contribution in [2.24, 2.45) is 0 Å². The Labute approximate surface area is 128 Å². The van der Waals surface area contributed by atoms with Crippen molar-refractivity contribution in [1.82, 2.24) is 4.98 Å². The summed E-state index contributed by atoms with van der Waals surface area (Å²) in [5.41, 5.74) is 2.01. The van der Waals surface area contributed by atoms with Gasteiger partial charge in [0.25, 0.3) is 0 Å². The SMILES string of the molecule is Cc1csc(-c2ccsc2NC(=O)Cc2cccs2)n1. The normalized spacial score (nSPS) is 10.7. The molecule has 3 aromatic rings. The minimum atomic E-state index is 0.0180. The zero-order chi connectivity index (χ0) is 13.9. The second-order valence-corrected chi connectivity index (χ2v) is 7.07. The van der Waals surface area contributed by atoms with Crippen LogP contribution in [0.3, 0.4) is 0 Å². The molecule has 0 saturated heterocycles. The van der Waals surface area contributed by atoms with E-state index in [-0.39, 0.29) is 5.91 Å². The maximum Gasteiger partial charge on any atom is 0.230 e. The van der Waals surface area contributed by atoms with Crippen molar-refractivity contribution in [2.75, 3.05) is 5.32 Å². The maximum absolute atomic E-state index is 12.1. The molecule has 6 heteroatoms. The van der Waals surface area contributed by atoms with Gasteiger partial charge in [0.1, 0.15) is 10.0 Å². The number of amides is 1. The molecule has 3 rings (SSSR count). The molecule has 0 unspecified atom stereocenters. The molecule has 0 aliphatic rings. The number of carbonyl (C=O) groups excluding carboxylic acids is 1. The summed E-state index contributed by atoms with van der Waals surface area (Å²) < 4.78 is 0. The van der Waals surface area contributed by atoms with Gasteiger partial charge in [0, 0.05) is 21.5 Å². The van der Waals surface area contributed by atoms with Gasteiger partial charge in [0.15, 0.2) is 0 Å². The number of thiazole rings is 1. The highest BCUT2D eigenvalue weighted by molar-refractivity contribution is 7.17. The average molecular weight is 320 g/mol. The van der Waals surface area contributed by atoms with Crippen LogP contribution in [-0.2, 0) is 11.2 Å². The third-order valence-electron chi connectivity index (χ3n) is 2.68. The lowest BCUT2D eigenvalue weighted by molar-refractivity contribution is -0.115. The predicted molar refractivity (Wildman–Crippen MR) is 86.8 cm³/mol. The summed E-state index contributed by atoms with van der Waals surface area (Å²) in [5, 5.41) is 10.8. The first-order chi connectivity index (χ1) is 9.72. The van der Waals surface area contributed by atoms with E-state index in [1.54, 1.807) is 22.7 Å². The molecule has 0 aliphatic carbocycles. The van der Waals surface area contributed by atoms with E-state index in [1.165, 1.54) is 11.3 Å². The molecule has 1 amide bonds. The van der Waals surface area contributed by atoms with E-state index in [9.17, 15) is 4.79 Å². The number of aromatic nitrogens is 1. The van der Waals surface area contributed by atoms with Crippen LogP contribution in [0.5, 0.6) is 0 Å². The van der Waals surface area contributed by atoms with Crippen LogP contribution in [-0.4, -0.2) is 10.9 Å². The van der Waals surface area contributed by atoms with Gasteiger partial charge in [-0.2, -0.15) is 0 Å². The number of thiophene rings is 2. The summed E-state index contributed by atoms with van der Waals surface area (Å²) in [4.78, 5) is 17.6. The molecule has 3 heterocycles. The minimum Gasteiger partial charge on any atom is -0.317 e. The molecule has 20 heavy (non-hydrogen) atoms. The van der Waals surface area contributed by atoms with Crippen LogP contribution in [0.4, 0.5) is 5.00 Å². The van der Waals surface area contributed by atoms with Crippen LogP contribution in [0.1, 0.15) is 10.6 Å². The molecule has 0 radical (unpaired) electrons. The fourth-order valence-electron chi connectivity index (χ4n) is 1.79. The van der Waals surface area contributed by atoms with Crippen molar-refractivity contribution < 1.29 is 4.79 Å². The number of nitrogens with zero attached hydrogens (tertiary/aromatic N) is 1. The fourth-order valence-corrected chi connectivity index (χ4v) is 4.20. The number of anilines is 1. The molecule has 0 fully saturated rings. The molecule has 0 atom stereocenters. The highest BCUT2D eigenvalue weighted by atomic mass is 32.1. The molecule has 0 bridgehead atoms. The lowest BCUT2D eigenvalue weighted by Crippen LogP contribution is -2.13. The van der Waals surface area contributed by atoms with Gasteiger partial charge in [-0.05, 0) is 29.8 Å². The zero-order valence-electron chi connectivity index (χ0n) is 10.8. The minimum absolute atomic E-state index is 0.0180. The van der Waals surface area contributed by atoms with Crippen molar-refractivity contribution in [3.63, 3.8) is 0 Å². The Balaban J connectivity index is 1.75. The average Bonchev–Trinajstić information content (AvgIpc) is 3.11. The zero-order valence-corrected chi connectivity index (χ0v) is 13.2. The van der Waals surface area contributed by atoms with Gasteiger partial charge in [-0.25, -0.2) is 4.98 Å². The molecule has 1 N–H and O–H groups in total. The van der Waals surface area contributed by atoms with E-state index < -0.39 is 0 Å². The topological polar surface area (TPSA) is 42.0 Å². The van der Waals surface area contributed by atoms with Crippen LogP contribution in [0.25, 0.3) is 10.6 Å². The number of rotatable bonds is 4. The number of carbonyl (C=O) groups is 1. The standard InChI is InChI=1S/C14H12N2OS3/c1-9-8-20-13(15-9)11-4-6-19-14(11)16-12(17)7-10-3-2-5-18-10/h2-6,8H,7H2,1H3,(H,16,17). The highest BCUT2D eigenvalue weighted by Gasteiger charge is 2.13. The van der Waals surface area contributed by atoms with E-state index in [0.29, 0.717) is 6.42 Å². The highest BCUT2D eigenvalue weighted by Crippen LogP contribution is 2.35. The van der Waals surface area contributed by atoms with Gasteiger partial charge >= 0.3 is 0 Å². The third kappa shape index (κ3) is 2.98. The quantitative estimate of drug-likeness (QED) is 0.773. The van der Waals surface area contributed by atoms with Gasteiger partial charge < -0.3 is 5.32 Å². The van der Waals surface area contributed by atoms with Gasteiger partial charge in [0.2, 0.25) is 5.91 Å². The van der Waals surface area contributed by atoms with Gasteiger partial charge in [-0.1, -0.05) is 6.07 Å². The van der Waals surface area contributed by atoms with Gasteiger partial charge in [-0.3, -0.25) is 4.79 Å². The maximum atomic E-state index is 12.1. The first kappa shape index (κ1) is 13.5. The van der Waals surface area contributed by atoms with Crippen molar-refractivity contribution >= 4 is 44.9 Å². The Bertz CT molecular complexity index is 712. The third-order valence-corrected chi connectivity index (χ3v) is 5.38. The first-order valence-electron chi connectivity index (χ1n) is 6.04. The van der Waals surface area contributed by atoms with Crippen LogP contribution in [0, 0.1) is 6.92 Å². The molecule has 0 aliphatic heterocycles. The molecule has 3 nitrogen and oxygen atoms in total. The molecule has 102 valence electrons. The van der Waals surface area contributed by atoms with Crippen molar-refractivity contribution in [1.29, 1.82) is 0 Å². The molecule has 3 aromatic heterocycles. The Kier molecular flexibility index (Phi) is 3.95. The van der Waals surface area contributed by atoms with Gasteiger partial charge in [0.05, 0.1) is 6.42 Å². The summed E-state index contributed by atoms with van der Waals surface area (Å²) >= 11 is 4.73. The van der Waals surface area contributed by atoms with E-state index in [0.717, 1.165) is 26.1 Å². The fraction of sp³-hybridized carbons (Fsp3) is 0.143. The van der Waals surface area contributed by atoms with E-state index >= 15 is 0 Å². The van der Waals surface area contributed by atoms with Crippen molar-refractivity contribution in [3.8, 4) is 10.6 Å². The molecular formula is C14H12N2OS3. The summed E-state index contributed by atoms with van der Waals surface area (Å²) in [6.07, 6.45) is 0.423. The van der Waals surface area contributed by atoms with Crippen molar-refractivity contribution in [3.05, 3.63) is 44.9 Å². The summed E-state index contributed by atoms with van der Waals surface area (Å²) in [7, 11) is 0. The molecule has 0 saturated carbocycles. The molecule has 0 aromatic carbocycles. The Morgan fingerprint density at radius 1 is 1.25 bits per heavy atom. The summed E-state index contributed by atoms with van der Waals surface area (Å²) in [6, 6.07) is 5.94. The number of aryl methyl sites for hydroxylation is 1. The summed E-state index contributed by atoms with van der Waals surface area (Å²) in [5.74, 6) is 0.0180. The van der Waals surface area contributed by atoms with Crippen LogP contribution >= 0.6 is 34.0 Å². The second-order valence-electron chi connectivity index (χ2n) is 4.26. The second kappa shape index (κ2) is 5.87. The lowest BCUT2D eigenvalue weighted by atomic mass is 10.3. The monoisotopic (exact) mass is 320 g/mol. The van der Waals surface area contributed by atoms with E-state index in [4.69, 9.17) is 0 Å². The molecular weight excluding hydrogens is 308 g/mol. The Morgan fingerprint density at radius 2 is 2.15 bits per heavy atom. The number of nitrogens with one attached hydrogen (secondary N) is 1. The van der Waals surface area contributed by atoms with Crippen LogP contribution in [0.2, 0.25) is 0 Å². The Morgan fingerprint density at radius 3 is 2.85 bits per heavy atom. The molecule has 0 spiro atoms. The predicted octanol–water partition coefficient (Wildman–Crippen LogP) is 4.42. The smallest absolute Gasteiger partial charge is 0.230 e. The number of hydrogen-bond acceptors (Lipinski definition) is 5. The van der Waals surface area contributed by atoms with Crippen molar-refractivity contribution in [2.45, 2.75) is 13.3 Å². The lowest BCUT2D eigenvalue weighted by Gasteiger charge is -2.03. The first-order valence-corrected chi connectivity index (χ1v) is 8.68. The summed E-state index contributed by atoms with van der Waals surface area (Å²) in [6.45, 7) is 1.97. The number of hydrogen-bond donors (Lipinski definition) is 1. The Hall–Kier alpha value is -1.50. The van der Waals surface area contributed by atoms with Gasteiger partial charge in [-0.15, -0.1) is 34.0 Å². The van der Waals surface area contributed by atoms with E-state index in [2.05, 4.69) is 10.3 Å². The van der Waals surface area contributed by atoms with Crippen LogP contribution < -0.4 is 5.32 Å². The largest absolute Gasteiger partial charge is 0.317 e. The van der Waals surface area contributed by atoms with E-state index in [1.807, 2.05) is 41.3 Å².